The summed E-state index contributed by atoms with van der Waals surface area (Å²) in [6.45, 7) is 1.62. The highest BCUT2D eigenvalue weighted by molar-refractivity contribution is 7.92. The lowest BCUT2D eigenvalue weighted by molar-refractivity contribution is 0.470. The van der Waals surface area contributed by atoms with Crippen LogP contribution in [0.3, 0.4) is 0 Å². The predicted octanol–water partition coefficient (Wildman–Crippen LogP) is 1.29. The van der Waals surface area contributed by atoms with E-state index >= 15 is 0 Å². The number of nitrogens with one attached hydrogen (secondary N) is 1. The lowest BCUT2D eigenvalue weighted by atomic mass is 10.2. The number of hydrogen-bond donors (Lipinski definition) is 2. The summed E-state index contributed by atoms with van der Waals surface area (Å²) < 4.78 is 26.3. The van der Waals surface area contributed by atoms with Crippen molar-refractivity contribution in [3.05, 3.63) is 42.4 Å². The Morgan fingerprint density at radius 3 is 2.67 bits per heavy atom. The van der Waals surface area contributed by atoms with Crippen molar-refractivity contribution in [1.29, 1.82) is 0 Å². The highest BCUT2D eigenvalue weighted by Crippen LogP contribution is 2.21. The van der Waals surface area contributed by atoms with Crippen molar-refractivity contribution in [2.24, 2.45) is 0 Å². The van der Waals surface area contributed by atoms with Crippen LogP contribution < -0.4 is 4.72 Å². The van der Waals surface area contributed by atoms with Crippen LogP contribution in [-0.2, 0) is 10.0 Å². The first-order valence-corrected chi connectivity index (χ1v) is 6.56. The lowest BCUT2D eigenvalue weighted by Crippen LogP contribution is -2.14. The standard InChI is InChI=1S/C11H11N3O3S/c1-8-6-9(2-3-10(8)15)18(16,17)14-11-4-5-12-7-13-11/h2-7,15H,1H3,(H,12,13,14). The summed E-state index contributed by atoms with van der Waals surface area (Å²) in [5.74, 6) is 0.242. The molecule has 1 aromatic heterocycles. The summed E-state index contributed by atoms with van der Waals surface area (Å²) in [6, 6.07) is 5.50. The van der Waals surface area contributed by atoms with Crippen LogP contribution in [0.5, 0.6) is 5.75 Å². The Balaban J connectivity index is 2.34. The third kappa shape index (κ3) is 2.57. The van der Waals surface area contributed by atoms with Gasteiger partial charge in [0.1, 0.15) is 17.9 Å². The zero-order valence-electron chi connectivity index (χ0n) is 9.53. The van der Waals surface area contributed by atoms with E-state index in [-0.39, 0.29) is 16.5 Å². The fraction of sp³-hybridized carbons (Fsp3) is 0.0909. The second kappa shape index (κ2) is 4.61. The van der Waals surface area contributed by atoms with E-state index in [1.807, 2.05) is 0 Å². The molecule has 0 aliphatic carbocycles. The van der Waals surface area contributed by atoms with Gasteiger partial charge >= 0.3 is 0 Å². The van der Waals surface area contributed by atoms with Crippen LogP contribution in [0, 0.1) is 6.92 Å². The van der Waals surface area contributed by atoms with Crippen molar-refractivity contribution in [3.63, 3.8) is 0 Å². The third-order valence-corrected chi connectivity index (χ3v) is 3.65. The Labute approximate surface area is 104 Å². The number of aryl methyl sites for hydroxylation is 1. The number of benzene rings is 1. The molecule has 1 aromatic carbocycles. The average Bonchev–Trinajstić information content (AvgIpc) is 2.33. The van der Waals surface area contributed by atoms with E-state index in [9.17, 15) is 13.5 Å². The quantitative estimate of drug-likeness (QED) is 0.872. The van der Waals surface area contributed by atoms with Gasteiger partial charge in [-0.3, -0.25) is 4.72 Å². The summed E-state index contributed by atoms with van der Waals surface area (Å²) >= 11 is 0. The highest BCUT2D eigenvalue weighted by atomic mass is 32.2. The Kier molecular flexibility index (Phi) is 3.15. The molecular formula is C11H11N3O3S. The minimum Gasteiger partial charge on any atom is -0.508 e. The number of anilines is 1. The van der Waals surface area contributed by atoms with Gasteiger partial charge in [0.05, 0.1) is 4.90 Å². The van der Waals surface area contributed by atoms with Gasteiger partial charge in [-0.05, 0) is 36.8 Å². The van der Waals surface area contributed by atoms with Crippen molar-refractivity contribution in [2.75, 3.05) is 4.72 Å². The molecule has 1 heterocycles. The third-order valence-electron chi connectivity index (χ3n) is 2.30. The van der Waals surface area contributed by atoms with Crippen LogP contribution in [-0.4, -0.2) is 23.5 Å². The zero-order chi connectivity index (χ0) is 13.2. The Hall–Kier alpha value is -2.15. The van der Waals surface area contributed by atoms with Gasteiger partial charge in [-0.2, -0.15) is 0 Å². The van der Waals surface area contributed by atoms with E-state index < -0.39 is 10.0 Å². The molecule has 0 unspecified atom stereocenters. The molecule has 2 rings (SSSR count). The Morgan fingerprint density at radius 1 is 1.28 bits per heavy atom. The minimum atomic E-state index is -3.70. The molecule has 18 heavy (non-hydrogen) atoms. The summed E-state index contributed by atoms with van der Waals surface area (Å²) in [6.07, 6.45) is 2.69. The number of aromatic hydroxyl groups is 1. The minimum absolute atomic E-state index is 0.0518. The highest BCUT2D eigenvalue weighted by Gasteiger charge is 2.15. The molecule has 2 N–H and O–H groups in total. The van der Waals surface area contributed by atoms with Gasteiger partial charge in [0.25, 0.3) is 10.0 Å². The zero-order valence-corrected chi connectivity index (χ0v) is 10.3. The average molecular weight is 265 g/mol. The first kappa shape index (κ1) is 12.3. The van der Waals surface area contributed by atoms with Crippen LogP contribution in [0.25, 0.3) is 0 Å². The molecule has 2 aromatic rings. The van der Waals surface area contributed by atoms with Crippen LogP contribution in [0.4, 0.5) is 5.82 Å². The van der Waals surface area contributed by atoms with Gasteiger partial charge < -0.3 is 5.11 Å². The van der Waals surface area contributed by atoms with Gasteiger partial charge in [0, 0.05) is 6.20 Å². The SMILES string of the molecule is Cc1cc(S(=O)(=O)Nc2ccncn2)ccc1O. The second-order valence-corrected chi connectivity index (χ2v) is 5.33. The van der Waals surface area contributed by atoms with E-state index in [4.69, 9.17) is 0 Å². The van der Waals surface area contributed by atoms with Crippen molar-refractivity contribution < 1.29 is 13.5 Å². The van der Waals surface area contributed by atoms with E-state index in [0.717, 1.165) is 0 Å². The molecular weight excluding hydrogens is 254 g/mol. The van der Waals surface area contributed by atoms with Crippen LogP contribution in [0.15, 0.2) is 41.7 Å². The molecule has 0 saturated carbocycles. The maximum atomic E-state index is 12.0. The molecule has 0 aliphatic heterocycles. The van der Waals surface area contributed by atoms with Gasteiger partial charge in [-0.25, -0.2) is 18.4 Å². The van der Waals surface area contributed by atoms with Gasteiger partial charge in [-0.1, -0.05) is 0 Å². The molecule has 0 atom stereocenters. The maximum Gasteiger partial charge on any atom is 0.263 e. The van der Waals surface area contributed by atoms with E-state index in [1.165, 1.54) is 36.8 Å². The van der Waals surface area contributed by atoms with Crippen LogP contribution in [0.2, 0.25) is 0 Å². The summed E-state index contributed by atoms with van der Waals surface area (Å²) in [4.78, 5) is 7.54. The summed E-state index contributed by atoms with van der Waals surface area (Å²) in [5, 5.41) is 9.36. The molecule has 6 nitrogen and oxygen atoms in total. The number of nitrogens with zero attached hydrogens (tertiary/aromatic N) is 2. The van der Waals surface area contributed by atoms with Crippen molar-refractivity contribution >= 4 is 15.8 Å². The van der Waals surface area contributed by atoms with Gasteiger partial charge in [0.15, 0.2) is 0 Å². The smallest absolute Gasteiger partial charge is 0.263 e. The number of rotatable bonds is 3. The van der Waals surface area contributed by atoms with E-state index in [2.05, 4.69) is 14.7 Å². The fourth-order valence-electron chi connectivity index (χ4n) is 1.34. The van der Waals surface area contributed by atoms with Gasteiger partial charge in [-0.15, -0.1) is 0 Å². The molecule has 0 bridgehead atoms. The first-order chi connectivity index (χ1) is 8.49. The number of phenolic OH excluding ortho intramolecular Hbond substituents is 1. The van der Waals surface area contributed by atoms with Crippen molar-refractivity contribution in [2.45, 2.75) is 11.8 Å². The first-order valence-electron chi connectivity index (χ1n) is 5.07. The molecule has 0 amide bonds. The molecule has 0 radical (unpaired) electrons. The fourth-order valence-corrected chi connectivity index (χ4v) is 2.44. The molecule has 94 valence electrons. The van der Waals surface area contributed by atoms with E-state index in [1.54, 1.807) is 6.92 Å². The molecule has 0 aliphatic rings. The molecule has 0 saturated heterocycles. The second-order valence-electron chi connectivity index (χ2n) is 3.65. The van der Waals surface area contributed by atoms with E-state index in [0.29, 0.717) is 5.56 Å². The monoisotopic (exact) mass is 265 g/mol. The number of hydrogen-bond acceptors (Lipinski definition) is 5. The van der Waals surface area contributed by atoms with Crippen molar-refractivity contribution in [3.8, 4) is 5.75 Å². The molecule has 0 fully saturated rings. The van der Waals surface area contributed by atoms with Crippen molar-refractivity contribution in [1.82, 2.24) is 9.97 Å². The summed E-state index contributed by atoms with van der Waals surface area (Å²) in [7, 11) is -3.70. The lowest BCUT2D eigenvalue weighted by Gasteiger charge is -2.08. The normalized spacial score (nSPS) is 11.2. The Bertz CT molecular complexity index is 656. The topological polar surface area (TPSA) is 92.2 Å². The number of phenols is 1. The van der Waals surface area contributed by atoms with Gasteiger partial charge in [0.2, 0.25) is 0 Å². The number of sulfonamides is 1. The predicted molar refractivity (Wildman–Crippen MR) is 65.7 cm³/mol. The molecule has 0 spiro atoms. The largest absolute Gasteiger partial charge is 0.508 e. The Morgan fingerprint density at radius 2 is 2.06 bits per heavy atom. The maximum absolute atomic E-state index is 12.0. The van der Waals surface area contributed by atoms with Crippen LogP contribution >= 0.6 is 0 Å². The number of aromatic nitrogens is 2. The molecule has 7 heteroatoms. The van der Waals surface area contributed by atoms with Crippen LogP contribution in [0.1, 0.15) is 5.56 Å². The summed E-state index contributed by atoms with van der Waals surface area (Å²) in [5.41, 5.74) is 0.487.